The van der Waals surface area contributed by atoms with Crippen molar-refractivity contribution >= 4 is 23.2 Å². The Balaban J connectivity index is 1.74. The Morgan fingerprint density at radius 2 is 1.92 bits per heavy atom. The van der Waals surface area contributed by atoms with E-state index in [1.807, 2.05) is 0 Å². The van der Waals surface area contributed by atoms with Crippen molar-refractivity contribution in [1.29, 1.82) is 0 Å². The van der Waals surface area contributed by atoms with Crippen LogP contribution in [0.4, 0.5) is 4.39 Å². The Hall–Kier alpha value is -2.32. The van der Waals surface area contributed by atoms with E-state index in [1.54, 1.807) is 18.2 Å². The van der Waals surface area contributed by atoms with Gasteiger partial charge in [0.05, 0.1) is 6.20 Å². The van der Waals surface area contributed by atoms with Gasteiger partial charge in [-0.2, -0.15) is 0 Å². The molecule has 0 radical (unpaired) electrons. The summed E-state index contributed by atoms with van der Waals surface area (Å²) >= 11 is 1.09. The van der Waals surface area contributed by atoms with E-state index >= 15 is 0 Å². The number of carboxylic acid groups (broad SMARTS) is 1. The number of aliphatic hydroxyl groups is 1. The van der Waals surface area contributed by atoms with Gasteiger partial charge in [-0.3, -0.25) is 4.79 Å². The summed E-state index contributed by atoms with van der Waals surface area (Å²) in [5.41, 5.74) is -1.44. The molecule has 24 heavy (non-hydrogen) atoms. The van der Waals surface area contributed by atoms with Crippen molar-refractivity contribution in [2.45, 2.75) is 18.4 Å². The molecule has 2 N–H and O–H groups in total. The number of aromatic nitrogens is 1. The highest BCUT2D eigenvalue weighted by molar-refractivity contribution is 7.16. The third-order valence-corrected chi connectivity index (χ3v) is 5.12. The largest absolute Gasteiger partial charge is 0.479 e. The predicted octanol–water partition coefficient (Wildman–Crippen LogP) is 2.00. The first-order chi connectivity index (χ1) is 11.4. The Labute approximate surface area is 141 Å². The number of amides is 1. The summed E-state index contributed by atoms with van der Waals surface area (Å²) < 4.78 is 13.8. The van der Waals surface area contributed by atoms with Gasteiger partial charge in [0.1, 0.15) is 15.7 Å². The molecule has 1 aliphatic heterocycles. The fourth-order valence-electron chi connectivity index (χ4n) is 2.58. The molecule has 6 nitrogen and oxygen atoms in total. The number of hydrogen-bond donors (Lipinski definition) is 2. The topological polar surface area (TPSA) is 90.7 Å². The second-order valence-electron chi connectivity index (χ2n) is 5.64. The first kappa shape index (κ1) is 16.5. The zero-order valence-electron chi connectivity index (χ0n) is 12.6. The van der Waals surface area contributed by atoms with Gasteiger partial charge in [0.15, 0.2) is 5.60 Å². The van der Waals surface area contributed by atoms with Gasteiger partial charge in [-0.25, -0.2) is 14.2 Å². The Kier molecular flexibility index (Phi) is 4.33. The second-order valence-corrected chi connectivity index (χ2v) is 6.67. The summed E-state index contributed by atoms with van der Waals surface area (Å²) in [7, 11) is 0. The van der Waals surface area contributed by atoms with Crippen molar-refractivity contribution in [3.63, 3.8) is 0 Å². The predicted molar refractivity (Wildman–Crippen MR) is 85.2 cm³/mol. The number of piperidine rings is 1. The third kappa shape index (κ3) is 3.02. The van der Waals surface area contributed by atoms with Crippen LogP contribution in [0.3, 0.4) is 0 Å². The molecule has 1 amide bonds. The van der Waals surface area contributed by atoms with Crippen LogP contribution in [0.25, 0.3) is 10.6 Å². The zero-order chi connectivity index (χ0) is 17.3. The molecule has 0 spiro atoms. The summed E-state index contributed by atoms with van der Waals surface area (Å²) in [5.74, 6) is -1.97. The third-order valence-electron chi connectivity index (χ3n) is 4.10. The van der Waals surface area contributed by atoms with Crippen LogP contribution in [0.2, 0.25) is 0 Å². The van der Waals surface area contributed by atoms with Crippen LogP contribution in [0.15, 0.2) is 30.5 Å². The Morgan fingerprint density at radius 1 is 1.25 bits per heavy atom. The molecule has 0 atom stereocenters. The normalized spacial score (nSPS) is 16.8. The van der Waals surface area contributed by atoms with Crippen molar-refractivity contribution in [2.24, 2.45) is 0 Å². The lowest BCUT2D eigenvalue weighted by Gasteiger charge is -2.35. The maximum absolute atomic E-state index is 13.8. The van der Waals surface area contributed by atoms with Crippen molar-refractivity contribution in [3.8, 4) is 10.6 Å². The Morgan fingerprint density at radius 3 is 2.54 bits per heavy atom. The van der Waals surface area contributed by atoms with Crippen molar-refractivity contribution in [1.82, 2.24) is 9.88 Å². The van der Waals surface area contributed by atoms with Gasteiger partial charge in [-0.05, 0) is 12.1 Å². The van der Waals surface area contributed by atoms with Crippen LogP contribution < -0.4 is 0 Å². The molecule has 8 heteroatoms. The van der Waals surface area contributed by atoms with Gasteiger partial charge < -0.3 is 15.1 Å². The second kappa shape index (κ2) is 6.29. The molecule has 1 aromatic heterocycles. The van der Waals surface area contributed by atoms with Gasteiger partial charge in [0, 0.05) is 31.5 Å². The zero-order valence-corrected chi connectivity index (χ0v) is 13.4. The number of hydrogen-bond acceptors (Lipinski definition) is 5. The molecule has 2 heterocycles. The van der Waals surface area contributed by atoms with Crippen LogP contribution in [0.1, 0.15) is 22.5 Å². The summed E-state index contributed by atoms with van der Waals surface area (Å²) in [6.07, 6.45) is 1.35. The van der Waals surface area contributed by atoms with E-state index in [0.717, 1.165) is 11.3 Å². The van der Waals surface area contributed by atoms with E-state index in [1.165, 1.54) is 17.2 Å². The van der Waals surface area contributed by atoms with Crippen molar-refractivity contribution < 1.29 is 24.2 Å². The number of halogens is 1. The minimum Gasteiger partial charge on any atom is -0.479 e. The van der Waals surface area contributed by atoms with Gasteiger partial charge in [-0.15, -0.1) is 11.3 Å². The molecule has 0 saturated carbocycles. The van der Waals surface area contributed by atoms with Crippen molar-refractivity contribution in [3.05, 3.63) is 41.2 Å². The monoisotopic (exact) mass is 350 g/mol. The van der Waals surface area contributed by atoms with Crippen LogP contribution in [0.5, 0.6) is 0 Å². The molecule has 1 aromatic carbocycles. The van der Waals surface area contributed by atoms with E-state index in [9.17, 15) is 19.1 Å². The molecule has 1 fully saturated rings. The molecule has 2 aromatic rings. The maximum atomic E-state index is 13.8. The molecule has 0 unspecified atom stereocenters. The quantitative estimate of drug-likeness (QED) is 0.884. The number of benzene rings is 1. The minimum absolute atomic E-state index is 0.0208. The average molecular weight is 350 g/mol. The molecular weight excluding hydrogens is 335 g/mol. The average Bonchev–Trinajstić information content (AvgIpc) is 3.05. The lowest BCUT2D eigenvalue weighted by Crippen LogP contribution is -2.50. The van der Waals surface area contributed by atoms with E-state index in [4.69, 9.17) is 5.11 Å². The molecule has 0 bridgehead atoms. The van der Waals surface area contributed by atoms with E-state index in [0.29, 0.717) is 15.4 Å². The highest BCUT2D eigenvalue weighted by atomic mass is 32.1. The summed E-state index contributed by atoms with van der Waals surface area (Å²) in [6, 6.07) is 6.19. The number of aliphatic carboxylic acids is 1. The van der Waals surface area contributed by atoms with Gasteiger partial charge >= 0.3 is 5.97 Å². The first-order valence-electron chi connectivity index (χ1n) is 7.36. The summed E-state index contributed by atoms with van der Waals surface area (Å²) in [5, 5.41) is 19.3. The molecular formula is C16H15FN2O4S. The van der Waals surface area contributed by atoms with E-state index in [2.05, 4.69) is 4.98 Å². The number of nitrogens with zero attached hydrogens (tertiary/aromatic N) is 2. The minimum atomic E-state index is -1.77. The lowest BCUT2D eigenvalue weighted by molar-refractivity contribution is -0.162. The van der Waals surface area contributed by atoms with Crippen LogP contribution in [-0.2, 0) is 4.79 Å². The van der Waals surface area contributed by atoms with E-state index in [-0.39, 0.29) is 31.8 Å². The molecule has 126 valence electrons. The summed E-state index contributed by atoms with van der Waals surface area (Å²) in [4.78, 5) is 29.4. The van der Waals surface area contributed by atoms with Gasteiger partial charge in [-0.1, -0.05) is 12.1 Å². The number of carbonyl (C=O) groups excluding carboxylic acids is 1. The SMILES string of the molecule is O=C(c1cnc(-c2ccccc2F)s1)N1CCC(O)(C(=O)O)CC1. The first-order valence-corrected chi connectivity index (χ1v) is 8.18. The van der Waals surface area contributed by atoms with Crippen LogP contribution in [0, 0.1) is 5.82 Å². The number of carbonyl (C=O) groups is 2. The fourth-order valence-corrected chi connectivity index (χ4v) is 3.49. The summed E-state index contributed by atoms with van der Waals surface area (Å²) in [6.45, 7) is 0.295. The number of likely N-dealkylation sites (tertiary alicyclic amines) is 1. The molecule has 0 aliphatic carbocycles. The van der Waals surface area contributed by atoms with Crippen LogP contribution >= 0.6 is 11.3 Å². The highest BCUT2D eigenvalue weighted by Crippen LogP contribution is 2.29. The van der Waals surface area contributed by atoms with Crippen LogP contribution in [-0.4, -0.2) is 50.7 Å². The highest BCUT2D eigenvalue weighted by Gasteiger charge is 2.40. The smallest absolute Gasteiger partial charge is 0.335 e. The lowest BCUT2D eigenvalue weighted by atomic mass is 9.91. The molecule has 3 rings (SSSR count). The van der Waals surface area contributed by atoms with Gasteiger partial charge in [0.2, 0.25) is 0 Å². The standard InChI is InChI=1S/C16H15FN2O4S/c17-11-4-2-1-3-10(11)13-18-9-12(24-13)14(20)19-7-5-16(23,6-8-19)15(21)22/h1-4,9,23H,5-8H2,(H,21,22). The van der Waals surface area contributed by atoms with Gasteiger partial charge in [0.25, 0.3) is 5.91 Å². The Bertz CT molecular complexity index is 784. The molecule has 1 aliphatic rings. The fraction of sp³-hybridized carbons (Fsp3) is 0.312. The number of carboxylic acids is 1. The maximum Gasteiger partial charge on any atom is 0.335 e. The molecule has 1 saturated heterocycles. The number of thiazole rings is 1. The van der Waals surface area contributed by atoms with Crippen molar-refractivity contribution in [2.75, 3.05) is 13.1 Å². The van der Waals surface area contributed by atoms with E-state index < -0.39 is 17.4 Å². The number of rotatable bonds is 3.